The average molecular weight is 308 g/mol. The van der Waals surface area contributed by atoms with Gasteiger partial charge in [-0.05, 0) is 25.0 Å². The summed E-state index contributed by atoms with van der Waals surface area (Å²) in [5.74, 6) is -0.454. The summed E-state index contributed by atoms with van der Waals surface area (Å²) in [4.78, 5) is 25.3. The second-order valence-electron chi connectivity index (χ2n) is 5.39. The van der Waals surface area contributed by atoms with E-state index in [-0.39, 0.29) is 22.4 Å². The molecule has 0 amide bonds. The molecule has 3 aromatic rings. The van der Waals surface area contributed by atoms with Crippen LogP contribution >= 0.6 is 0 Å². The van der Waals surface area contributed by atoms with Crippen LogP contribution in [-0.4, -0.2) is 10.5 Å². The summed E-state index contributed by atoms with van der Waals surface area (Å²) in [6, 6.07) is 13.6. The van der Waals surface area contributed by atoms with Gasteiger partial charge in [0.05, 0.1) is 10.1 Å². The quantitative estimate of drug-likeness (QED) is 0.552. The first kappa shape index (κ1) is 15.0. The van der Waals surface area contributed by atoms with Crippen molar-refractivity contribution in [3.05, 3.63) is 81.2 Å². The lowest BCUT2D eigenvalue weighted by molar-refractivity contribution is -0.468. The zero-order chi connectivity index (χ0) is 16.6. The van der Waals surface area contributed by atoms with E-state index in [1.165, 1.54) is 6.92 Å². The van der Waals surface area contributed by atoms with Crippen LogP contribution in [0.4, 0.5) is 0 Å². The molecule has 23 heavy (non-hydrogen) atoms. The molecule has 116 valence electrons. The number of fused-ring (bicyclic) bond motifs is 1. The summed E-state index contributed by atoms with van der Waals surface area (Å²) in [5, 5.41) is 12.5. The van der Waals surface area contributed by atoms with E-state index in [1.54, 1.807) is 48.5 Å². The Kier molecular flexibility index (Phi) is 3.70. The minimum absolute atomic E-state index is 0.106. The highest BCUT2D eigenvalue weighted by Gasteiger charge is 2.27. The highest BCUT2D eigenvalue weighted by Crippen LogP contribution is 2.18. The highest BCUT2D eigenvalue weighted by molar-refractivity contribution is 6.07. The number of carbonyl (C=O) groups is 1. The van der Waals surface area contributed by atoms with Crippen molar-refractivity contribution in [1.82, 2.24) is 4.73 Å². The molecular formula is C18H16N2O3. The van der Waals surface area contributed by atoms with Crippen LogP contribution in [0, 0.1) is 17.0 Å². The zero-order valence-corrected chi connectivity index (χ0v) is 12.9. The fourth-order valence-electron chi connectivity index (χ4n) is 2.65. The molecule has 2 aromatic carbocycles. The number of carbonyl (C=O) groups excluding carboxylic acids is 1. The van der Waals surface area contributed by atoms with Crippen molar-refractivity contribution in [3.63, 3.8) is 0 Å². The molecule has 5 heteroatoms. The standard InChI is InChI=1S/C18H16N2O3/c1-3-13-9-10-15-16(11-13)19(22)12(2)17(20(15)23)18(21)14-7-5-4-6-8-14/h4-11H,3H2,1-2H3. The molecule has 0 radical (unpaired) electrons. The number of rotatable bonds is 3. The van der Waals surface area contributed by atoms with Gasteiger partial charge in [0.1, 0.15) is 5.52 Å². The topological polar surface area (TPSA) is 68.0 Å². The average Bonchev–Trinajstić information content (AvgIpc) is 2.60. The van der Waals surface area contributed by atoms with Gasteiger partial charge in [0, 0.05) is 16.5 Å². The Bertz CT molecular complexity index is 959. The SMILES string of the molecule is CCc1ccc2c(c1)n([O-])c(C)c(C(=O)c1ccccc1)[n+]2=O. The monoisotopic (exact) mass is 308 g/mol. The maximum absolute atomic E-state index is 12.7. The number of ketones is 1. The van der Waals surface area contributed by atoms with Crippen LogP contribution in [0.5, 0.6) is 0 Å². The highest BCUT2D eigenvalue weighted by atomic mass is 16.5. The first-order valence-electron chi connectivity index (χ1n) is 7.42. The van der Waals surface area contributed by atoms with E-state index in [0.29, 0.717) is 14.7 Å². The number of aryl methyl sites for hydroxylation is 1. The van der Waals surface area contributed by atoms with Gasteiger partial charge >= 0.3 is 5.69 Å². The van der Waals surface area contributed by atoms with Crippen LogP contribution in [0.15, 0.2) is 48.5 Å². The molecule has 0 fully saturated rings. The predicted octanol–water partition coefficient (Wildman–Crippen LogP) is 3.00. The van der Waals surface area contributed by atoms with E-state index in [2.05, 4.69) is 0 Å². The van der Waals surface area contributed by atoms with Gasteiger partial charge in [-0.3, -0.25) is 4.79 Å². The molecule has 3 rings (SSSR count). The van der Waals surface area contributed by atoms with Crippen LogP contribution < -0.4 is 4.43 Å². The third-order valence-corrected chi connectivity index (χ3v) is 3.99. The molecule has 0 atom stereocenters. The van der Waals surface area contributed by atoms with E-state index in [4.69, 9.17) is 0 Å². The molecule has 0 saturated carbocycles. The van der Waals surface area contributed by atoms with Crippen molar-refractivity contribution >= 4 is 16.8 Å². The molecule has 0 bridgehead atoms. The normalized spacial score (nSPS) is 10.9. The summed E-state index contributed by atoms with van der Waals surface area (Å²) in [6.07, 6.45) is 0.762. The summed E-state index contributed by atoms with van der Waals surface area (Å²) in [6.45, 7) is 3.47. The lowest BCUT2D eigenvalue weighted by atomic mass is 10.1. The van der Waals surface area contributed by atoms with E-state index in [9.17, 15) is 14.9 Å². The number of aromatic nitrogens is 2. The minimum Gasteiger partial charge on any atom is -0.805 e. The summed E-state index contributed by atoms with van der Waals surface area (Å²) in [5.41, 5.74) is 1.79. The first-order valence-corrected chi connectivity index (χ1v) is 7.42. The van der Waals surface area contributed by atoms with Crippen LogP contribution in [0.25, 0.3) is 11.0 Å². The van der Waals surface area contributed by atoms with E-state index >= 15 is 0 Å². The molecule has 0 aliphatic heterocycles. The number of hydrogen-bond donors (Lipinski definition) is 0. The maximum atomic E-state index is 12.7. The Hall–Kier alpha value is -2.95. The number of benzene rings is 2. The van der Waals surface area contributed by atoms with Crippen molar-refractivity contribution in [3.8, 4) is 0 Å². The zero-order valence-electron chi connectivity index (χ0n) is 12.9. The maximum Gasteiger partial charge on any atom is 0.329 e. The molecule has 0 aliphatic rings. The predicted molar refractivity (Wildman–Crippen MR) is 88.1 cm³/mol. The third-order valence-electron chi connectivity index (χ3n) is 3.99. The van der Waals surface area contributed by atoms with Crippen molar-refractivity contribution < 1.29 is 9.22 Å². The van der Waals surface area contributed by atoms with E-state index < -0.39 is 5.78 Å². The Balaban J connectivity index is 2.31. The van der Waals surface area contributed by atoms with Gasteiger partial charge in [-0.2, -0.15) is 0 Å². The molecule has 0 aliphatic carbocycles. The first-order chi connectivity index (χ1) is 11.0. The van der Waals surface area contributed by atoms with Gasteiger partial charge in [-0.1, -0.05) is 43.3 Å². The smallest absolute Gasteiger partial charge is 0.329 e. The Morgan fingerprint density at radius 1 is 1.17 bits per heavy atom. The molecule has 0 N–H and O–H groups in total. The van der Waals surface area contributed by atoms with Crippen molar-refractivity contribution in [2.45, 2.75) is 20.3 Å². The van der Waals surface area contributed by atoms with Gasteiger partial charge in [-0.25, -0.2) is 0 Å². The van der Waals surface area contributed by atoms with Gasteiger partial charge in [0.2, 0.25) is 0 Å². The van der Waals surface area contributed by atoms with Crippen molar-refractivity contribution in [2.75, 3.05) is 0 Å². The van der Waals surface area contributed by atoms with Gasteiger partial charge in [-0.15, -0.1) is 0 Å². The fourth-order valence-corrected chi connectivity index (χ4v) is 2.65. The second-order valence-corrected chi connectivity index (χ2v) is 5.39. The Labute approximate surface area is 133 Å². The fraction of sp³-hybridized carbons (Fsp3) is 0.167. The van der Waals surface area contributed by atoms with Crippen LogP contribution in [0.1, 0.15) is 34.2 Å². The Morgan fingerprint density at radius 2 is 1.87 bits per heavy atom. The molecule has 1 aromatic heterocycles. The molecular weight excluding hydrogens is 292 g/mol. The summed E-state index contributed by atoms with van der Waals surface area (Å²) in [7, 11) is 0. The lowest BCUT2D eigenvalue weighted by Crippen LogP contribution is -2.30. The molecule has 0 unspecified atom stereocenters. The molecule has 1 heterocycles. The summed E-state index contributed by atoms with van der Waals surface area (Å²) >= 11 is 0. The second kappa shape index (κ2) is 5.68. The van der Waals surface area contributed by atoms with Gasteiger partial charge < -0.3 is 9.94 Å². The van der Waals surface area contributed by atoms with Crippen molar-refractivity contribution in [2.24, 2.45) is 0 Å². The van der Waals surface area contributed by atoms with Crippen molar-refractivity contribution in [1.29, 1.82) is 0 Å². The summed E-state index contributed by atoms with van der Waals surface area (Å²) < 4.78 is 1.23. The van der Waals surface area contributed by atoms with E-state index in [1.807, 2.05) is 6.92 Å². The largest absolute Gasteiger partial charge is 0.805 e. The van der Waals surface area contributed by atoms with Crippen LogP contribution in [0.2, 0.25) is 0 Å². The van der Waals surface area contributed by atoms with Gasteiger partial charge in [0.25, 0.3) is 11.3 Å². The lowest BCUT2D eigenvalue weighted by Gasteiger charge is -2.16. The number of hydrogen-bond acceptors (Lipinski definition) is 3. The number of nitrogens with zero attached hydrogens (tertiary/aromatic N) is 2. The molecule has 5 nitrogen and oxygen atoms in total. The van der Waals surface area contributed by atoms with E-state index in [0.717, 1.165) is 12.0 Å². The van der Waals surface area contributed by atoms with Crippen LogP contribution in [0.3, 0.4) is 0 Å². The molecule has 0 saturated heterocycles. The van der Waals surface area contributed by atoms with Gasteiger partial charge in [0.15, 0.2) is 0 Å². The molecule has 0 spiro atoms. The Morgan fingerprint density at radius 3 is 2.52 bits per heavy atom. The van der Waals surface area contributed by atoms with Crippen LogP contribution in [-0.2, 0) is 6.42 Å². The third kappa shape index (κ3) is 2.40. The minimum atomic E-state index is -0.454.